The van der Waals surface area contributed by atoms with Crippen LogP contribution in [0.25, 0.3) is 0 Å². The fourth-order valence-electron chi connectivity index (χ4n) is 2.09. The third-order valence-electron chi connectivity index (χ3n) is 2.95. The van der Waals surface area contributed by atoms with Crippen molar-refractivity contribution in [1.29, 1.82) is 0 Å². The Labute approximate surface area is 95.3 Å². The summed E-state index contributed by atoms with van der Waals surface area (Å²) in [5.41, 5.74) is -0.0986. The van der Waals surface area contributed by atoms with Gasteiger partial charge in [0, 0.05) is 6.42 Å². The van der Waals surface area contributed by atoms with Crippen LogP contribution in [0.1, 0.15) is 12.5 Å². The third kappa shape index (κ3) is 1.61. The Kier molecular flexibility index (Phi) is 2.20. The van der Waals surface area contributed by atoms with Gasteiger partial charge in [-0.25, -0.2) is 0 Å². The van der Waals surface area contributed by atoms with E-state index in [1.807, 2.05) is 0 Å². The Balaban J connectivity index is 1.87. The molecule has 1 aromatic rings. The molecule has 3 unspecified atom stereocenters. The number of rotatable bonds is 2. The first-order valence-electron chi connectivity index (χ1n) is 5.13. The van der Waals surface area contributed by atoms with Crippen LogP contribution >= 0.6 is 0 Å². The van der Waals surface area contributed by atoms with Crippen LogP contribution in [-0.4, -0.2) is 39.5 Å². The Morgan fingerprint density at radius 3 is 3.12 bits per heavy atom. The zero-order chi connectivity index (χ0) is 12.0. The van der Waals surface area contributed by atoms with E-state index < -0.39 is 11.2 Å². The van der Waals surface area contributed by atoms with E-state index in [9.17, 15) is 14.9 Å². The van der Waals surface area contributed by atoms with Crippen molar-refractivity contribution in [2.45, 2.75) is 24.9 Å². The molecule has 3 rings (SSSR count). The molecule has 2 bridgehead atoms. The lowest BCUT2D eigenvalue weighted by Gasteiger charge is -2.26. The molecule has 1 aromatic heterocycles. The van der Waals surface area contributed by atoms with E-state index in [1.165, 1.54) is 10.9 Å². The van der Waals surface area contributed by atoms with Crippen LogP contribution in [-0.2, 0) is 14.3 Å². The molecule has 17 heavy (non-hydrogen) atoms. The molecule has 8 heteroatoms. The van der Waals surface area contributed by atoms with E-state index in [2.05, 4.69) is 5.10 Å². The van der Waals surface area contributed by atoms with Crippen LogP contribution in [0.5, 0.6) is 0 Å². The Morgan fingerprint density at radius 2 is 2.41 bits per heavy atom. The maximum absolute atomic E-state index is 11.6. The van der Waals surface area contributed by atoms with Gasteiger partial charge in [0.2, 0.25) is 6.29 Å². The molecule has 0 saturated carbocycles. The summed E-state index contributed by atoms with van der Waals surface area (Å²) in [4.78, 5) is 21.6. The summed E-state index contributed by atoms with van der Waals surface area (Å²) in [6.45, 7) is 0.314. The van der Waals surface area contributed by atoms with E-state index in [0.717, 1.165) is 6.20 Å². The molecule has 90 valence electrons. The second-order valence-corrected chi connectivity index (χ2v) is 4.01. The van der Waals surface area contributed by atoms with Crippen LogP contribution in [0.2, 0.25) is 0 Å². The second kappa shape index (κ2) is 3.60. The lowest BCUT2D eigenvalue weighted by atomic mass is 10.0. The van der Waals surface area contributed by atoms with Crippen molar-refractivity contribution >= 4 is 11.5 Å². The lowest BCUT2D eigenvalue weighted by Crippen LogP contribution is -2.37. The topological polar surface area (TPSA) is 96.5 Å². The number of carbonyl (C=O) groups is 1. The highest BCUT2D eigenvalue weighted by molar-refractivity contribution is 5.83. The summed E-state index contributed by atoms with van der Waals surface area (Å²) >= 11 is 0. The number of Topliss-reactive ketones (excluding diaryl/α,β-unsaturated/α-hetero) is 1. The standard InChI is InChI=1S/C9H9N3O5/c13-7-1-6(8-4-16-9(7)17-8)11-3-5(2-10-11)12(14)15/h2-3,6,8-9H,1,4H2. The Bertz CT molecular complexity index is 485. The van der Waals surface area contributed by atoms with E-state index >= 15 is 0 Å². The molecule has 8 nitrogen and oxygen atoms in total. The highest BCUT2D eigenvalue weighted by Crippen LogP contribution is 2.33. The number of nitrogens with zero attached hydrogens (tertiary/aromatic N) is 3. The molecule has 2 fully saturated rings. The van der Waals surface area contributed by atoms with Gasteiger partial charge in [0.15, 0.2) is 5.78 Å². The van der Waals surface area contributed by atoms with Crippen LogP contribution in [0.3, 0.4) is 0 Å². The molecule has 0 spiro atoms. The second-order valence-electron chi connectivity index (χ2n) is 4.01. The van der Waals surface area contributed by atoms with Crippen LogP contribution in [0, 0.1) is 10.1 Å². The summed E-state index contributed by atoms with van der Waals surface area (Å²) in [5.74, 6) is -0.151. The van der Waals surface area contributed by atoms with Gasteiger partial charge < -0.3 is 9.47 Å². The van der Waals surface area contributed by atoms with Crippen LogP contribution in [0.4, 0.5) is 5.69 Å². The van der Waals surface area contributed by atoms with Crippen molar-refractivity contribution in [3.63, 3.8) is 0 Å². The van der Waals surface area contributed by atoms with Crippen LogP contribution in [0.15, 0.2) is 12.4 Å². The zero-order valence-electron chi connectivity index (χ0n) is 8.68. The molecule has 3 atom stereocenters. The fourth-order valence-corrected chi connectivity index (χ4v) is 2.09. The average molecular weight is 239 g/mol. The number of hydrogen-bond donors (Lipinski definition) is 0. The third-order valence-corrected chi connectivity index (χ3v) is 2.95. The molecule has 2 aliphatic rings. The molecule has 3 heterocycles. The molecule has 0 aromatic carbocycles. The minimum absolute atomic E-state index is 0.0986. The summed E-state index contributed by atoms with van der Waals surface area (Å²) < 4.78 is 11.9. The van der Waals surface area contributed by atoms with E-state index in [-0.39, 0.29) is 30.0 Å². The predicted molar refractivity (Wildman–Crippen MR) is 52.2 cm³/mol. The number of aromatic nitrogens is 2. The maximum atomic E-state index is 11.6. The first kappa shape index (κ1) is 10.4. The molecular weight excluding hydrogens is 230 g/mol. The monoisotopic (exact) mass is 239 g/mol. The highest BCUT2D eigenvalue weighted by atomic mass is 16.7. The summed E-state index contributed by atoms with van der Waals surface area (Å²) in [6, 6.07) is -0.324. The van der Waals surface area contributed by atoms with Crippen molar-refractivity contribution in [3.8, 4) is 0 Å². The number of ketones is 1. The zero-order valence-corrected chi connectivity index (χ0v) is 8.68. The van der Waals surface area contributed by atoms with Gasteiger partial charge in [-0.1, -0.05) is 0 Å². The van der Waals surface area contributed by atoms with Gasteiger partial charge >= 0.3 is 5.69 Å². The molecule has 0 N–H and O–H groups in total. The normalized spacial score (nSPS) is 31.8. The van der Waals surface area contributed by atoms with Gasteiger partial charge in [-0.05, 0) is 0 Å². The number of ether oxygens (including phenoxy) is 2. The van der Waals surface area contributed by atoms with Crippen molar-refractivity contribution in [2.24, 2.45) is 0 Å². The first-order valence-corrected chi connectivity index (χ1v) is 5.13. The quantitative estimate of drug-likeness (QED) is 0.534. The minimum Gasteiger partial charge on any atom is -0.343 e. The van der Waals surface area contributed by atoms with E-state index in [4.69, 9.17) is 9.47 Å². The van der Waals surface area contributed by atoms with Gasteiger partial charge in [0.1, 0.15) is 18.5 Å². The Hall–Kier alpha value is -1.80. The SMILES string of the molecule is O=C1CC(n2cc([N+](=O)[O-])cn2)C2COC1O2. The predicted octanol–water partition coefficient (Wildman–Crippen LogP) is 0.0467. The number of fused-ring (bicyclic) bond motifs is 2. The van der Waals surface area contributed by atoms with Crippen molar-refractivity contribution < 1.29 is 19.2 Å². The lowest BCUT2D eigenvalue weighted by molar-refractivity contribution is -0.385. The van der Waals surface area contributed by atoms with Crippen molar-refractivity contribution in [3.05, 3.63) is 22.5 Å². The largest absolute Gasteiger partial charge is 0.343 e. The van der Waals surface area contributed by atoms with Crippen molar-refractivity contribution in [1.82, 2.24) is 9.78 Å². The van der Waals surface area contributed by atoms with Gasteiger partial charge in [-0.3, -0.25) is 19.6 Å². The highest BCUT2D eigenvalue weighted by Gasteiger charge is 2.44. The van der Waals surface area contributed by atoms with Gasteiger partial charge in [0.05, 0.1) is 17.6 Å². The first-order chi connectivity index (χ1) is 8.15. The molecular formula is C9H9N3O5. The molecule has 0 radical (unpaired) electrons. The van der Waals surface area contributed by atoms with Crippen LogP contribution < -0.4 is 0 Å². The van der Waals surface area contributed by atoms with E-state index in [0.29, 0.717) is 6.61 Å². The summed E-state index contributed by atoms with van der Waals surface area (Å²) in [7, 11) is 0. The Morgan fingerprint density at radius 1 is 1.59 bits per heavy atom. The number of carbonyl (C=O) groups excluding carboxylic acids is 1. The van der Waals surface area contributed by atoms with E-state index in [1.54, 1.807) is 0 Å². The fraction of sp³-hybridized carbons (Fsp3) is 0.556. The van der Waals surface area contributed by atoms with Gasteiger partial charge in [-0.15, -0.1) is 0 Å². The summed E-state index contributed by atoms with van der Waals surface area (Å²) in [5, 5.41) is 14.4. The number of hydrogen-bond acceptors (Lipinski definition) is 6. The summed E-state index contributed by atoms with van der Waals surface area (Å²) in [6.07, 6.45) is 1.67. The molecule has 2 saturated heterocycles. The van der Waals surface area contributed by atoms with Crippen molar-refractivity contribution in [2.75, 3.05) is 6.61 Å². The number of nitro groups is 1. The van der Waals surface area contributed by atoms with Gasteiger partial charge in [0.25, 0.3) is 0 Å². The smallest absolute Gasteiger partial charge is 0.307 e. The molecule has 0 amide bonds. The molecule has 0 aliphatic carbocycles. The minimum atomic E-state index is -0.762. The average Bonchev–Trinajstić information content (AvgIpc) is 2.93. The maximum Gasteiger partial charge on any atom is 0.307 e. The van der Waals surface area contributed by atoms with Gasteiger partial charge in [-0.2, -0.15) is 5.10 Å². The molecule has 2 aliphatic heterocycles.